The summed E-state index contributed by atoms with van der Waals surface area (Å²) in [4.78, 5) is 242. The fraction of sp³-hybridized carbons (Fsp3) is 0.710. The van der Waals surface area contributed by atoms with E-state index >= 15 is 0 Å². The van der Waals surface area contributed by atoms with Crippen molar-refractivity contribution in [3.05, 3.63) is 0 Å². The van der Waals surface area contributed by atoms with Gasteiger partial charge < -0.3 is 105 Å². The zero-order valence-electron chi connectivity index (χ0n) is 57.1. The molecule has 100 heavy (non-hydrogen) atoms. The first-order valence-electron chi connectivity index (χ1n) is 33.6. The zero-order chi connectivity index (χ0) is 74.8. The number of carboxylic acid groups (broad SMARTS) is 4. The second kappa shape index (κ2) is 39.8. The van der Waals surface area contributed by atoms with Crippen LogP contribution >= 0.6 is 0 Å². The van der Waals surface area contributed by atoms with Gasteiger partial charge in [0.25, 0.3) is 0 Å². The lowest BCUT2D eigenvalue weighted by Crippen LogP contribution is -2.59. The van der Waals surface area contributed by atoms with Crippen LogP contribution in [0.2, 0.25) is 0 Å². The number of aliphatic carboxylic acids is 4. The number of rotatable bonds is 39. The monoisotopic (exact) mass is 1420 g/mol. The Bertz CT molecular complexity index is 3040. The number of carboxylic acids is 4. The first-order valence-corrected chi connectivity index (χ1v) is 33.6. The lowest BCUT2D eigenvalue weighted by atomic mass is 10.0. The van der Waals surface area contributed by atoms with E-state index in [4.69, 9.17) is 11.5 Å². The molecule has 38 heteroatoms. The second-order valence-corrected chi connectivity index (χ2v) is 26.0. The molecule has 4 saturated heterocycles. The Morgan fingerprint density at radius 2 is 0.850 bits per heavy atom. The number of hydrogen-bond acceptors (Lipinski definition) is 20. The van der Waals surface area contributed by atoms with E-state index in [0.29, 0.717) is 32.1 Å². The summed E-state index contributed by atoms with van der Waals surface area (Å²) >= 11 is 0. The third kappa shape index (κ3) is 25.0. The molecule has 0 radical (unpaired) electrons. The van der Waals surface area contributed by atoms with Crippen molar-refractivity contribution < 1.29 is 107 Å². The van der Waals surface area contributed by atoms with Crippen LogP contribution in [0, 0.1) is 11.8 Å². The number of carbonyl (C=O) groups excluding carboxylic acids is 14. The van der Waals surface area contributed by atoms with Crippen LogP contribution < -0.4 is 64.6 Å². The zero-order valence-corrected chi connectivity index (χ0v) is 57.1. The van der Waals surface area contributed by atoms with Crippen molar-refractivity contribution in [3.63, 3.8) is 0 Å². The number of nitrogens with one attached hydrogen (secondary N) is 10. The summed E-state index contributed by atoms with van der Waals surface area (Å²) in [7, 11) is 0. The van der Waals surface area contributed by atoms with Crippen molar-refractivity contribution in [2.24, 2.45) is 23.3 Å². The molecule has 0 spiro atoms. The molecular weight excluding hydrogens is 1320 g/mol. The third-order valence-corrected chi connectivity index (χ3v) is 17.3. The van der Waals surface area contributed by atoms with Crippen LogP contribution in [-0.4, -0.2) is 271 Å². The van der Waals surface area contributed by atoms with E-state index in [0.717, 1.165) is 13.8 Å². The van der Waals surface area contributed by atoms with Crippen molar-refractivity contribution in [2.45, 2.75) is 217 Å². The Kier molecular flexibility index (Phi) is 33.0. The minimum absolute atomic E-state index is 0.0126. The molecular formula is C62H98N16O22. The van der Waals surface area contributed by atoms with Gasteiger partial charge in [0.15, 0.2) is 0 Å². The number of unbranched alkanes of at least 4 members (excludes halogenated alkanes) is 1. The summed E-state index contributed by atoms with van der Waals surface area (Å²) in [6, 6.07) is -16.4. The molecule has 0 aromatic rings. The lowest BCUT2D eigenvalue weighted by molar-refractivity contribution is -0.151. The van der Waals surface area contributed by atoms with Crippen LogP contribution in [0.25, 0.3) is 0 Å². The molecule has 0 aromatic heterocycles. The number of hydrogen-bond donors (Lipinski definition) is 16. The molecule has 0 aliphatic carbocycles. The highest BCUT2D eigenvalue weighted by molar-refractivity contribution is 6.01. The van der Waals surface area contributed by atoms with Crippen LogP contribution in [0.15, 0.2) is 0 Å². The quantitative estimate of drug-likeness (QED) is 0.0255. The van der Waals surface area contributed by atoms with Gasteiger partial charge in [-0.15, -0.1) is 0 Å². The van der Waals surface area contributed by atoms with E-state index in [2.05, 4.69) is 53.2 Å². The highest BCUT2D eigenvalue weighted by Crippen LogP contribution is 2.29. The fourth-order valence-electron chi connectivity index (χ4n) is 12.2. The van der Waals surface area contributed by atoms with E-state index in [1.54, 1.807) is 27.7 Å². The van der Waals surface area contributed by atoms with Gasteiger partial charge in [-0.3, -0.25) is 81.5 Å². The Morgan fingerprint density at radius 1 is 0.420 bits per heavy atom. The van der Waals surface area contributed by atoms with Crippen LogP contribution in [-0.2, 0) is 86.3 Å². The molecule has 0 saturated carbocycles. The Hall–Kier alpha value is -9.62. The maximum atomic E-state index is 14.3. The van der Waals surface area contributed by atoms with Crippen molar-refractivity contribution in [1.82, 2.24) is 72.8 Å². The molecule has 0 aromatic carbocycles. The van der Waals surface area contributed by atoms with Crippen LogP contribution in [0.3, 0.4) is 0 Å². The Morgan fingerprint density at radius 3 is 1.35 bits per heavy atom. The fourth-order valence-corrected chi connectivity index (χ4v) is 12.2. The van der Waals surface area contributed by atoms with Gasteiger partial charge in [-0.1, -0.05) is 27.7 Å². The molecule has 4 rings (SSSR count). The molecule has 558 valence electrons. The van der Waals surface area contributed by atoms with Crippen molar-refractivity contribution in [2.75, 3.05) is 52.4 Å². The molecule has 0 bridgehead atoms. The van der Waals surface area contributed by atoms with E-state index in [-0.39, 0.29) is 90.0 Å². The smallest absolute Gasteiger partial charge is 0.326 e. The maximum Gasteiger partial charge on any atom is 0.326 e. The van der Waals surface area contributed by atoms with E-state index < -0.39 is 224 Å². The van der Waals surface area contributed by atoms with Gasteiger partial charge in [0.2, 0.25) is 82.7 Å². The third-order valence-electron chi connectivity index (χ3n) is 17.3. The van der Waals surface area contributed by atoms with Gasteiger partial charge in [0.05, 0.1) is 32.5 Å². The summed E-state index contributed by atoms with van der Waals surface area (Å²) in [5, 5.41) is 61.6. The molecule has 4 fully saturated rings. The summed E-state index contributed by atoms with van der Waals surface area (Å²) < 4.78 is 0. The van der Waals surface area contributed by atoms with Crippen molar-refractivity contribution >= 4 is 107 Å². The Labute approximate surface area is 576 Å². The predicted octanol–water partition coefficient (Wildman–Crippen LogP) is -6.21. The molecule has 12 atom stereocenters. The van der Waals surface area contributed by atoms with E-state index in [1.807, 2.05) is 0 Å². The molecule has 18 N–H and O–H groups in total. The van der Waals surface area contributed by atoms with Crippen molar-refractivity contribution in [3.8, 4) is 0 Å². The number of amides is 14. The van der Waals surface area contributed by atoms with Gasteiger partial charge in [0, 0.05) is 32.6 Å². The largest absolute Gasteiger partial charge is 0.481 e. The summed E-state index contributed by atoms with van der Waals surface area (Å²) in [6.07, 6.45) is 0.156. The van der Waals surface area contributed by atoms with E-state index in [9.17, 15) is 107 Å². The highest BCUT2D eigenvalue weighted by atomic mass is 16.4. The number of nitrogens with zero attached hydrogens (tertiary/aromatic N) is 4. The van der Waals surface area contributed by atoms with Crippen LogP contribution in [0.1, 0.15) is 144 Å². The van der Waals surface area contributed by atoms with Gasteiger partial charge in [-0.05, 0) is 116 Å². The second-order valence-electron chi connectivity index (χ2n) is 26.0. The van der Waals surface area contributed by atoms with Crippen molar-refractivity contribution in [1.29, 1.82) is 0 Å². The molecule has 4 aliphatic rings. The average molecular weight is 1420 g/mol. The summed E-state index contributed by atoms with van der Waals surface area (Å²) in [6.45, 7) is 7.73. The SMILES string of the molecule is CC(C)C[C@H](NC(=O)CNC(=O)[C@H](C)NC(=O)[C@H](CC(=O)O)NC(=O)[C@H](CC(=O)O)NC(=O)[C@H](C)NC(=O)[C@@H]1CCCN1C(=O)[C@H](CCCCN)NC(=O)CNC(=O)[C@@H]1CCCN1C(=O)[C@@H]1CCCN1C(=O)[C@@H]1CCCN1C(=O)[C@H](CCC(=O)O)NC(=O)CN)C(=O)N[C@H](C(=O)O)C(C)C. The van der Waals surface area contributed by atoms with E-state index in [1.165, 1.54) is 19.6 Å². The average Bonchev–Trinajstić information content (AvgIpc) is 1.63. The van der Waals surface area contributed by atoms with Gasteiger partial charge in [-0.25, -0.2) is 4.79 Å². The minimum Gasteiger partial charge on any atom is -0.481 e. The van der Waals surface area contributed by atoms with Gasteiger partial charge in [0.1, 0.15) is 72.5 Å². The summed E-state index contributed by atoms with van der Waals surface area (Å²) in [5.74, 6) is -18.5. The normalized spacial score (nSPS) is 19.7. The minimum atomic E-state index is -2.02. The summed E-state index contributed by atoms with van der Waals surface area (Å²) in [5.41, 5.74) is 11.2. The molecule has 38 nitrogen and oxygen atoms in total. The number of nitrogens with two attached hydrogens (primary N) is 2. The topological polar surface area (TPSA) is 573 Å². The van der Waals surface area contributed by atoms with Crippen LogP contribution in [0.4, 0.5) is 0 Å². The van der Waals surface area contributed by atoms with Gasteiger partial charge in [-0.2, -0.15) is 0 Å². The first kappa shape index (κ1) is 82.8. The molecule has 4 aliphatic heterocycles. The lowest BCUT2D eigenvalue weighted by Gasteiger charge is -2.35. The number of carbonyl (C=O) groups is 18. The maximum absolute atomic E-state index is 14.3. The molecule has 14 amide bonds. The molecule has 0 unspecified atom stereocenters. The van der Waals surface area contributed by atoms with Gasteiger partial charge >= 0.3 is 23.9 Å². The Balaban J connectivity index is 1.35. The predicted molar refractivity (Wildman–Crippen MR) is 347 cm³/mol. The standard InChI is InChI=1S/C62H98N16O22/c1-31(2)25-37(55(92)74-50(32(3)4)62(99)100)71-46(81)29-65-51(88)33(5)67-53(90)38(26-48(84)85)73-54(91)39(27-49(86)87)72-52(89)34(6)68-57(94)41-15-10-21-75(41)58(95)35(13-7-8-20-63)70-45(80)30-66-56(93)40-14-9-22-76(40)60(97)43-17-12-24-78(43)61(98)42-16-11-23-77(42)59(96)36(18-19-47(82)83)69-44(79)28-64/h31-43,50H,7-30,63-64H2,1-6H3,(H,65,88)(H,66,93)(H,67,90)(H,68,94)(H,69,79)(H,70,80)(H,71,81)(H,72,89)(H,73,91)(H,74,92)(H,82,83)(H,84,85)(H,86,87)(H,99,100)/t33-,34-,35-,36-,37-,38-,39-,40-,41-,42-,43-,50-/m0/s1. The number of likely N-dealkylation sites (tertiary alicyclic amines) is 4. The first-order chi connectivity index (χ1) is 47.1. The molecule has 4 heterocycles. The highest BCUT2D eigenvalue weighted by Gasteiger charge is 2.47. The van der Waals surface area contributed by atoms with Crippen LogP contribution in [0.5, 0.6) is 0 Å².